The number of benzene rings is 1. The second kappa shape index (κ2) is 14.0. The van der Waals surface area contributed by atoms with E-state index in [2.05, 4.69) is 18.0 Å². The standard InChI is InChI=1S/C37H51N3O7/c1-37(2,3)28-21-32(41)47-31-19-23(31)11-7-6-8-13-27-33(45-24-15-17-39(4)18-16-24)26-12-9-10-14-29(26)38-34(27)46-25-20-30(36(43)44-5)40(22-25)35(28)42/h9-10,12,14,23-25,28,30-31H,6-8,11,13,15-22H2,1-5H3/t23-,25-,28-,30+,31-/m1/s1. The second-order valence-electron chi connectivity index (χ2n) is 15.1. The van der Waals surface area contributed by atoms with Crippen molar-refractivity contribution in [3.05, 3.63) is 29.8 Å². The van der Waals surface area contributed by atoms with Gasteiger partial charge in [0.05, 0.1) is 37.1 Å². The summed E-state index contributed by atoms with van der Waals surface area (Å²) in [6.45, 7) is 8.00. The molecule has 10 nitrogen and oxygen atoms in total. The number of methoxy groups -OCH3 is 1. The van der Waals surface area contributed by atoms with E-state index in [0.717, 1.165) is 86.7 Å². The molecule has 4 heterocycles. The molecule has 5 atom stereocenters. The summed E-state index contributed by atoms with van der Waals surface area (Å²) in [7, 11) is 3.48. The maximum absolute atomic E-state index is 14.2. The fourth-order valence-electron chi connectivity index (χ4n) is 7.47. The summed E-state index contributed by atoms with van der Waals surface area (Å²) < 4.78 is 24.6. The SMILES string of the molecule is COC(=O)[C@@H]1C[C@@H]2CN1C(=O)[C@H](C(C)(C)C)CC(=O)O[C@@H]1C[C@H]1CCCCCc1c(nc3ccccc3c1OC1CCN(C)CC1)O2. The van der Waals surface area contributed by atoms with Crippen molar-refractivity contribution in [1.29, 1.82) is 0 Å². The van der Waals surface area contributed by atoms with E-state index in [1.165, 1.54) is 7.11 Å². The molecular weight excluding hydrogens is 598 g/mol. The maximum atomic E-state index is 14.2. The van der Waals surface area contributed by atoms with Crippen LogP contribution in [0, 0.1) is 17.3 Å². The fourth-order valence-corrected chi connectivity index (χ4v) is 7.47. The molecule has 4 aliphatic rings. The van der Waals surface area contributed by atoms with Crippen molar-refractivity contribution >= 4 is 28.7 Å². The third-order valence-electron chi connectivity index (χ3n) is 10.5. The summed E-state index contributed by atoms with van der Waals surface area (Å²) in [6.07, 6.45) is 7.29. The maximum Gasteiger partial charge on any atom is 0.328 e. The highest BCUT2D eigenvalue weighted by Crippen LogP contribution is 2.42. The molecule has 47 heavy (non-hydrogen) atoms. The lowest BCUT2D eigenvalue weighted by Crippen LogP contribution is -2.47. The van der Waals surface area contributed by atoms with Gasteiger partial charge in [0.1, 0.15) is 30.1 Å². The Labute approximate surface area is 278 Å². The first-order chi connectivity index (χ1) is 22.5. The highest BCUT2D eigenvalue weighted by molar-refractivity contribution is 5.90. The smallest absolute Gasteiger partial charge is 0.328 e. The van der Waals surface area contributed by atoms with Crippen LogP contribution in [0.1, 0.15) is 84.1 Å². The van der Waals surface area contributed by atoms with Crippen LogP contribution in [-0.4, -0.2) is 90.8 Å². The van der Waals surface area contributed by atoms with Gasteiger partial charge in [0, 0.05) is 24.9 Å². The number of esters is 2. The Morgan fingerprint density at radius 2 is 1.77 bits per heavy atom. The average Bonchev–Trinajstić information content (AvgIpc) is 3.63. The Morgan fingerprint density at radius 3 is 2.51 bits per heavy atom. The number of carbonyl (C=O) groups excluding carboxylic acids is 3. The van der Waals surface area contributed by atoms with Crippen molar-refractivity contribution < 1.29 is 33.3 Å². The first kappa shape index (κ1) is 33.5. The van der Waals surface area contributed by atoms with Gasteiger partial charge in [0.25, 0.3) is 0 Å². The molecule has 0 spiro atoms. The van der Waals surface area contributed by atoms with E-state index in [0.29, 0.717) is 11.8 Å². The minimum atomic E-state index is -0.827. The number of fused-ring (bicyclic) bond motifs is 5. The van der Waals surface area contributed by atoms with E-state index in [1.807, 2.05) is 39.0 Å². The number of nitrogens with zero attached hydrogens (tertiary/aromatic N) is 3. The molecule has 1 saturated carbocycles. The summed E-state index contributed by atoms with van der Waals surface area (Å²) in [5.74, 6) is -0.0571. The highest BCUT2D eigenvalue weighted by atomic mass is 16.6. The number of aromatic nitrogens is 1. The summed E-state index contributed by atoms with van der Waals surface area (Å²) in [4.78, 5) is 49.4. The van der Waals surface area contributed by atoms with Crippen molar-refractivity contribution in [2.45, 2.75) is 109 Å². The van der Waals surface area contributed by atoms with Gasteiger partial charge in [-0.05, 0) is 69.0 Å². The zero-order chi connectivity index (χ0) is 33.3. The summed E-state index contributed by atoms with van der Waals surface area (Å²) in [6, 6.07) is 7.21. The van der Waals surface area contributed by atoms with Gasteiger partial charge in [-0.2, -0.15) is 0 Å². The van der Waals surface area contributed by atoms with Gasteiger partial charge in [-0.15, -0.1) is 0 Å². The van der Waals surface area contributed by atoms with Crippen LogP contribution in [0.25, 0.3) is 10.9 Å². The molecule has 6 rings (SSSR count). The van der Waals surface area contributed by atoms with E-state index in [4.69, 9.17) is 23.9 Å². The van der Waals surface area contributed by atoms with E-state index in [9.17, 15) is 14.4 Å². The van der Waals surface area contributed by atoms with Crippen molar-refractivity contribution in [2.75, 3.05) is 33.8 Å². The minimum absolute atomic E-state index is 0.0322. The lowest BCUT2D eigenvalue weighted by molar-refractivity contribution is -0.157. The largest absolute Gasteiger partial charge is 0.489 e. The van der Waals surface area contributed by atoms with Crippen LogP contribution in [-0.2, 0) is 30.3 Å². The molecule has 2 bridgehead atoms. The van der Waals surface area contributed by atoms with Crippen LogP contribution in [0.5, 0.6) is 11.6 Å². The Bertz CT molecular complexity index is 1460. The number of carbonyl (C=O) groups is 3. The van der Waals surface area contributed by atoms with Crippen LogP contribution in [0.15, 0.2) is 24.3 Å². The quantitative estimate of drug-likeness (QED) is 0.408. The third-order valence-corrected chi connectivity index (χ3v) is 10.5. The first-order valence-corrected chi connectivity index (χ1v) is 17.5. The predicted molar refractivity (Wildman–Crippen MR) is 177 cm³/mol. The number of amides is 1. The molecule has 1 amide bonds. The number of hydrogen-bond donors (Lipinski definition) is 0. The Hall–Kier alpha value is -3.40. The molecule has 0 unspecified atom stereocenters. The molecule has 2 saturated heterocycles. The molecule has 3 fully saturated rings. The molecule has 1 aromatic heterocycles. The Balaban J connectivity index is 1.37. The normalized spacial score (nSPS) is 28.4. The molecule has 0 radical (unpaired) electrons. The highest BCUT2D eigenvalue weighted by Gasteiger charge is 2.47. The number of likely N-dealkylation sites (tertiary alicyclic amines) is 1. The number of para-hydroxylation sites is 1. The monoisotopic (exact) mass is 649 g/mol. The van der Waals surface area contributed by atoms with E-state index < -0.39 is 29.4 Å². The molecule has 1 aliphatic carbocycles. The minimum Gasteiger partial charge on any atom is -0.489 e. The predicted octanol–water partition coefficient (Wildman–Crippen LogP) is 5.33. The van der Waals surface area contributed by atoms with Crippen LogP contribution in [0.2, 0.25) is 0 Å². The molecule has 3 aliphatic heterocycles. The number of rotatable bonds is 3. The lowest BCUT2D eigenvalue weighted by atomic mass is 9.77. The van der Waals surface area contributed by atoms with E-state index in [1.54, 1.807) is 4.90 Å². The first-order valence-electron chi connectivity index (χ1n) is 17.5. The van der Waals surface area contributed by atoms with Gasteiger partial charge in [-0.1, -0.05) is 45.7 Å². The zero-order valence-electron chi connectivity index (χ0n) is 28.7. The van der Waals surface area contributed by atoms with Gasteiger partial charge in [-0.3, -0.25) is 9.59 Å². The van der Waals surface area contributed by atoms with Crippen molar-refractivity contribution in [1.82, 2.24) is 14.8 Å². The lowest BCUT2D eigenvalue weighted by Gasteiger charge is -2.34. The van der Waals surface area contributed by atoms with E-state index >= 15 is 0 Å². The number of piperidine rings is 1. The topological polar surface area (TPSA) is 108 Å². The van der Waals surface area contributed by atoms with Gasteiger partial charge in [0.15, 0.2) is 0 Å². The second-order valence-corrected chi connectivity index (χ2v) is 15.1. The average molecular weight is 650 g/mol. The summed E-state index contributed by atoms with van der Waals surface area (Å²) >= 11 is 0. The van der Waals surface area contributed by atoms with Gasteiger partial charge in [0.2, 0.25) is 11.8 Å². The molecule has 256 valence electrons. The Kier molecular flexibility index (Phi) is 9.97. The summed E-state index contributed by atoms with van der Waals surface area (Å²) in [5.41, 5.74) is 1.21. The summed E-state index contributed by atoms with van der Waals surface area (Å²) in [5, 5.41) is 0.974. The van der Waals surface area contributed by atoms with E-state index in [-0.39, 0.29) is 43.5 Å². The third kappa shape index (κ3) is 7.68. The van der Waals surface area contributed by atoms with Crippen LogP contribution in [0.4, 0.5) is 0 Å². The van der Waals surface area contributed by atoms with Crippen molar-refractivity contribution in [3.8, 4) is 11.6 Å². The molecule has 2 aromatic rings. The number of pyridine rings is 1. The zero-order valence-corrected chi connectivity index (χ0v) is 28.7. The van der Waals surface area contributed by atoms with Crippen LogP contribution >= 0.6 is 0 Å². The fraction of sp³-hybridized carbons (Fsp3) is 0.676. The van der Waals surface area contributed by atoms with Gasteiger partial charge in [-0.25, -0.2) is 9.78 Å². The molecule has 0 N–H and O–H groups in total. The number of ether oxygens (including phenoxy) is 4. The molecular formula is C37H51N3O7. The van der Waals surface area contributed by atoms with Crippen molar-refractivity contribution in [2.24, 2.45) is 17.3 Å². The van der Waals surface area contributed by atoms with Gasteiger partial charge >= 0.3 is 11.9 Å². The Morgan fingerprint density at radius 1 is 1.00 bits per heavy atom. The van der Waals surface area contributed by atoms with Gasteiger partial charge < -0.3 is 28.7 Å². The molecule has 10 heteroatoms. The van der Waals surface area contributed by atoms with Crippen LogP contribution < -0.4 is 9.47 Å². The van der Waals surface area contributed by atoms with Crippen molar-refractivity contribution in [3.63, 3.8) is 0 Å². The van der Waals surface area contributed by atoms with Crippen LogP contribution in [0.3, 0.4) is 0 Å². The number of hydrogen-bond acceptors (Lipinski definition) is 9. The molecule has 1 aromatic carbocycles.